The standard InChI is InChI=1S/C35H36BrN5O3/c1-22-17-27(13-16-30(22)36)33(43)40-21-31-29(18-23(40)2)34(44)41(28-14-11-26(12-15-28)32(42)37-3)35(38-31)39(20-25-9-10-25)19-24-7-5-4-6-8-24/h4-8,11-17,23,25H,9-10,18-21H2,1-3H3,(H,37,42). The Morgan fingerprint density at radius 1 is 1.02 bits per heavy atom. The summed E-state index contributed by atoms with van der Waals surface area (Å²) in [7, 11) is 1.60. The summed E-state index contributed by atoms with van der Waals surface area (Å²) >= 11 is 3.53. The molecule has 1 saturated carbocycles. The Kier molecular flexibility index (Phi) is 8.40. The van der Waals surface area contributed by atoms with Crippen LogP contribution in [-0.4, -0.2) is 45.9 Å². The predicted molar refractivity (Wildman–Crippen MR) is 175 cm³/mol. The Morgan fingerprint density at radius 2 is 1.73 bits per heavy atom. The van der Waals surface area contributed by atoms with Crippen molar-refractivity contribution in [3.63, 3.8) is 0 Å². The maximum atomic E-state index is 14.5. The molecule has 8 nitrogen and oxygen atoms in total. The molecular formula is C35H36BrN5O3. The molecule has 1 N–H and O–H groups in total. The third-order valence-electron chi connectivity index (χ3n) is 8.55. The number of carbonyl (C=O) groups is 2. The van der Waals surface area contributed by atoms with E-state index >= 15 is 0 Å². The average molecular weight is 655 g/mol. The lowest BCUT2D eigenvalue weighted by molar-refractivity contribution is 0.0653. The summed E-state index contributed by atoms with van der Waals surface area (Å²) in [6.07, 6.45) is 2.70. The minimum absolute atomic E-state index is 0.0739. The Bertz CT molecular complexity index is 1770. The van der Waals surface area contributed by atoms with E-state index in [0.717, 1.165) is 35.0 Å². The fraction of sp³-hybridized carbons (Fsp3) is 0.314. The molecular weight excluding hydrogens is 618 g/mol. The lowest BCUT2D eigenvalue weighted by Crippen LogP contribution is -2.46. The summed E-state index contributed by atoms with van der Waals surface area (Å²) in [5.41, 5.74) is 5.02. The largest absolute Gasteiger partial charge is 0.355 e. The number of hydrogen-bond donors (Lipinski definition) is 1. The van der Waals surface area contributed by atoms with Crippen molar-refractivity contribution in [3.8, 4) is 5.69 Å². The van der Waals surface area contributed by atoms with Crippen LogP contribution in [-0.2, 0) is 19.5 Å². The van der Waals surface area contributed by atoms with Gasteiger partial charge in [-0.2, -0.15) is 0 Å². The smallest absolute Gasteiger partial charge is 0.263 e. The van der Waals surface area contributed by atoms with Crippen LogP contribution in [0.1, 0.15) is 62.9 Å². The van der Waals surface area contributed by atoms with Crippen molar-refractivity contribution in [1.82, 2.24) is 19.8 Å². The third-order valence-corrected chi connectivity index (χ3v) is 9.44. The Hall–Kier alpha value is -4.24. The Balaban J connectivity index is 1.46. The van der Waals surface area contributed by atoms with E-state index in [4.69, 9.17) is 4.98 Å². The number of nitrogens with one attached hydrogen (secondary N) is 1. The van der Waals surface area contributed by atoms with Crippen molar-refractivity contribution in [2.75, 3.05) is 18.5 Å². The molecule has 226 valence electrons. The number of fused-ring (bicyclic) bond motifs is 1. The van der Waals surface area contributed by atoms with Gasteiger partial charge in [-0.1, -0.05) is 46.3 Å². The number of anilines is 1. The van der Waals surface area contributed by atoms with E-state index in [9.17, 15) is 14.4 Å². The molecule has 6 rings (SSSR count). The number of halogens is 1. The molecule has 1 atom stereocenters. The van der Waals surface area contributed by atoms with E-state index in [0.29, 0.717) is 52.9 Å². The molecule has 4 aromatic rings. The van der Waals surface area contributed by atoms with Crippen molar-refractivity contribution in [3.05, 3.63) is 121 Å². The van der Waals surface area contributed by atoms with Gasteiger partial charge in [0, 0.05) is 47.3 Å². The van der Waals surface area contributed by atoms with Crippen molar-refractivity contribution < 1.29 is 9.59 Å². The first kappa shape index (κ1) is 29.8. The van der Waals surface area contributed by atoms with Gasteiger partial charge in [0.15, 0.2) is 0 Å². The van der Waals surface area contributed by atoms with E-state index in [-0.39, 0.29) is 30.0 Å². The molecule has 0 saturated heterocycles. The molecule has 1 fully saturated rings. The number of carbonyl (C=O) groups excluding carboxylic acids is 2. The van der Waals surface area contributed by atoms with E-state index < -0.39 is 0 Å². The number of aryl methyl sites for hydroxylation is 1. The maximum absolute atomic E-state index is 14.5. The molecule has 0 radical (unpaired) electrons. The first-order valence-corrected chi connectivity index (χ1v) is 15.9. The quantitative estimate of drug-likeness (QED) is 0.265. The van der Waals surface area contributed by atoms with Gasteiger partial charge in [0.25, 0.3) is 17.4 Å². The molecule has 0 spiro atoms. The SMILES string of the molecule is CNC(=O)c1ccc(-n2c(N(Cc3ccccc3)CC3CC3)nc3c(c2=O)CC(C)N(C(=O)c2ccc(Br)c(C)c2)C3)cc1. The zero-order valence-electron chi connectivity index (χ0n) is 25.2. The minimum Gasteiger partial charge on any atom is -0.355 e. The van der Waals surface area contributed by atoms with Crippen LogP contribution in [0.5, 0.6) is 0 Å². The Labute approximate surface area is 265 Å². The summed E-state index contributed by atoms with van der Waals surface area (Å²) in [5, 5.41) is 2.65. The highest BCUT2D eigenvalue weighted by atomic mass is 79.9. The zero-order valence-corrected chi connectivity index (χ0v) is 26.8. The second kappa shape index (κ2) is 12.4. The number of hydrogen-bond acceptors (Lipinski definition) is 5. The lowest BCUT2D eigenvalue weighted by atomic mass is 9.98. The molecule has 3 aromatic carbocycles. The highest BCUT2D eigenvalue weighted by molar-refractivity contribution is 9.10. The summed E-state index contributed by atoms with van der Waals surface area (Å²) in [5.74, 6) is 0.829. The highest BCUT2D eigenvalue weighted by Gasteiger charge is 2.34. The molecule has 1 aromatic heterocycles. The molecule has 2 amide bonds. The van der Waals surface area contributed by atoms with E-state index in [2.05, 4.69) is 38.3 Å². The predicted octanol–water partition coefficient (Wildman–Crippen LogP) is 5.67. The summed E-state index contributed by atoms with van der Waals surface area (Å²) in [4.78, 5) is 49.7. The fourth-order valence-corrected chi connectivity index (χ4v) is 6.09. The van der Waals surface area contributed by atoms with Crippen LogP contribution in [0.2, 0.25) is 0 Å². The van der Waals surface area contributed by atoms with Crippen molar-refractivity contribution >= 4 is 33.7 Å². The molecule has 2 aliphatic rings. The van der Waals surface area contributed by atoms with Gasteiger partial charge in [-0.05, 0) is 92.6 Å². The van der Waals surface area contributed by atoms with Gasteiger partial charge in [0.05, 0.1) is 17.9 Å². The van der Waals surface area contributed by atoms with Crippen LogP contribution in [0.25, 0.3) is 5.69 Å². The van der Waals surface area contributed by atoms with Crippen LogP contribution in [0.3, 0.4) is 0 Å². The maximum Gasteiger partial charge on any atom is 0.263 e. The minimum atomic E-state index is -0.188. The van der Waals surface area contributed by atoms with Gasteiger partial charge >= 0.3 is 0 Å². The number of rotatable bonds is 8. The van der Waals surface area contributed by atoms with Crippen LogP contribution in [0, 0.1) is 12.8 Å². The molecule has 1 unspecified atom stereocenters. The molecule has 9 heteroatoms. The van der Waals surface area contributed by atoms with Crippen molar-refractivity contribution in [2.45, 2.75) is 52.2 Å². The molecule has 2 heterocycles. The number of aromatic nitrogens is 2. The summed E-state index contributed by atoms with van der Waals surface area (Å²) in [6.45, 7) is 5.57. The molecule has 44 heavy (non-hydrogen) atoms. The molecule has 1 aliphatic carbocycles. The van der Waals surface area contributed by atoms with Gasteiger partial charge in [-0.15, -0.1) is 0 Å². The van der Waals surface area contributed by atoms with E-state index in [1.807, 2.05) is 55.1 Å². The average Bonchev–Trinajstić information content (AvgIpc) is 3.86. The van der Waals surface area contributed by atoms with Crippen LogP contribution in [0.15, 0.2) is 82.1 Å². The van der Waals surface area contributed by atoms with Crippen LogP contribution < -0.4 is 15.8 Å². The normalized spacial score (nSPS) is 15.9. The van der Waals surface area contributed by atoms with Gasteiger partial charge in [-0.3, -0.25) is 14.4 Å². The second-order valence-electron chi connectivity index (χ2n) is 11.9. The topological polar surface area (TPSA) is 87.5 Å². The highest BCUT2D eigenvalue weighted by Crippen LogP contribution is 2.33. The number of benzene rings is 3. The second-order valence-corrected chi connectivity index (χ2v) is 12.7. The van der Waals surface area contributed by atoms with Crippen LogP contribution in [0.4, 0.5) is 5.95 Å². The van der Waals surface area contributed by atoms with E-state index in [1.165, 1.54) is 0 Å². The van der Waals surface area contributed by atoms with Gasteiger partial charge in [0.2, 0.25) is 5.95 Å². The lowest BCUT2D eigenvalue weighted by Gasteiger charge is -2.36. The summed E-state index contributed by atoms with van der Waals surface area (Å²) in [6, 6.07) is 22.7. The van der Waals surface area contributed by atoms with Gasteiger partial charge in [-0.25, -0.2) is 9.55 Å². The third kappa shape index (κ3) is 6.06. The Morgan fingerprint density at radius 3 is 2.39 bits per heavy atom. The van der Waals surface area contributed by atoms with Gasteiger partial charge in [0.1, 0.15) is 0 Å². The molecule has 1 aliphatic heterocycles. The summed E-state index contributed by atoms with van der Waals surface area (Å²) < 4.78 is 2.65. The monoisotopic (exact) mass is 653 g/mol. The van der Waals surface area contributed by atoms with Crippen molar-refractivity contribution in [1.29, 1.82) is 0 Å². The number of nitrogens with zero attached hydrogens (tertiary/aromatic N) is 4. The zero-order chi connectivity index (χ0) is 31.0. The first-order valence-electron chi connectivity index (χ1n) is 15.1. The van der Waals surface area contributed by atoms with E-state index in [1.54, 1.807) is 35.9 Å². The van der Waals surface area contributed by atoms with Crippen LogP contribution >= 0.6 is 15.9 Å². The fourth-order valence-electron chi connectivity index (χ4n) is 5.85. The first-order chi connectivity index (χ1) is 21.2. The van der Waals surface area contributed by atoms with Gasteiger partial charge < -0.3 is 15.1 Å². The molecule has 0 bridgehead atoms. The van der Waals surface area contributed by atoms with Crippen molar-refractivity contribution in [2.24, 2.45) is 5.92 Å². The number of amides is 2.